The first-order valence-electron chi connectivity index (χ1n) is 6.84. The van der Waals surface area contributed by atoms with E-state index in [1.165, 1.54) is 25.7 Å². The fourth-order valence-corrected chi connectivity index (χ4v) is 3.87. The van der Waals surface area contributed by atoms with E-state index in [-0.39, 0.29) is 5.91 Å². The second-order valence-corrected chi connectivity index (χ2v) is 5.84. The highest BCUT2D eigenvalue weighted by Gasteiger charge is 2.40. The van der Waals surface area contributed by atoms with Crippen LogP contribution >= 0.6 is 0 Å². The molecule has 16 heavy (non-hydrogen) atoms. The van der Waals surface area contributed by atoms with Crippen molar-refractivity contribution in [3.63, 3.8) is 0 Å². The van der Waals surface area contributed by atoms with Crippen LogP contribution in [0.1, 0.15) is 44.9 Å². The molecule has 3 nitrogen and oxygen atoms in total. The Bertz CT molecular complexity index is 279. The van der Waals surface area contributed by atoms with Crippen LogP contribution in [0.2, 0.25) is 0 Å². The first kappa shape index (κ1) is 10.6. The highest BCUT2D eigenvalue weighted by Crippen LogP contribution is 2.44. The van der Waals surface area contributed by atoms with Gasteiger partial charge in [-0.25, -0.2) is 0 Å². The van der Waals surface area contributed by atoms with Crippen LogP contribution in [0.4, 0.5) is 0 Å². The van der Waals surface area contributed by atoms with E-state index < -0.39 is 0 Å². The van der Waals surface area contributed by atoms with Crippen molar-refractivity contribution in [2.24, 2.45) is 11.8 Å². The van der Waals surface area contributed by atoms with Crippen LogP contribution in [-0.4, -0.2) is 24.5 Å². The lowest BCUT2D eigenvalue weighted by Gasteiger charge is -2.27. The van der Waals surface area contributed by atoms with E-state index >= 15 is 0 Å². The largest absolute Gasteiger partial charge is 0.356 e. The Hall–Kier alpha value is -0.570. The number of carbonyl (C=O) groups excluding carboxylic acids is 1. The van der Waals surface area contributed by atoms with Crippen LogP contribution in [0.3, 0.4) is 0 Å². The molecule has 3 fully saturated rings. The van der Waals surface area contributed by atoms with Crippen molar-refractivity contribution in [1.29, 1.82) is 0 Å². The van der Waals surface area contributed by atoms with Crippen LogP contribution in [0.25, 0.3) is 0 Å². The molecule has 1 aliphatic heterocycles. The van der Waals surface area contributed by atoms with E-state index in [1.807, 2.05) is 0 Å². The highest BCUT2D eigenvalue weighted by molar-refractivity contribution is 5.76. The number of amides is 1. The third-order valence-corrected chi connectivity index (χ3v) is 4.67. The van der Waals surface area contributed by atoms with E-state index in [2.05, 4.69) is 10.6 Å². The fraction of sp³-hybridized carbons (Fsp3) is 0.923. The molecule has 4 unspecified atom stereocenters. The molecule has 0 aromatic heterocycles. The van der Waals surface area contributed by atoms with Gasteiger partial charge in [-0.1, -0.05) is 6.42 Å². The van der Waals surface area contributed by atoms with Crippen molar-refractivity contribution in [1.82, 2.24) is 10.6 Å². The Kier molecular flexibility index (Phi) is 2.88. The third-order valence-electron chi connectivity index (χ3n) is 4.67. The predicted octanol–water partition coefficient (Wildman–Crippen LogP) is 1.43. The van der Waals surface area contributed by atoms with E-state index in [9.17, 15) is 4.79 Å². The van der Waals surface area contributed by atoms with Gasteiger partial charge in [0.1, 0.15) is 0 Å². The van der Waals surface area contributed by atoms with Gasteiger partial charge in [0.15, 0.2) is 0 Å². The molecule has 1 heterocycles. The number of carbonyl (C=O) groups is 1. The summed E-state index contributed by atoms with van der Waals surface area (Å²) in [5.41, 5.74) is 0. The Morgan fingerprint density at radius 1 is 1.19 bits per heavy atom. The zero-order valence-corrected chi connectivity index (χ0v) is 9.87. The van der Waals surface area contributed by atoms with Crippen molar-refractivity contribution in [3.05, 3.63) is 0 Å². The van der Waals surface area contributed by atoms with Crippen LogP contribution < -0.4 is 10.6 Å². The lowest BCUT2D eigenvalue weighted by Crippen LogP contribution is -2.42. The maximum absolute atomic E-state index is 11.5. The summed E-state index contributed by atoms with van der Waals surface area (Å²) in [6, 6.07) is 1.15. The van der Waals surface area contributed by atoms with Gasteiger partial charge in [0.25, 0.3) is 0 Å². The van der Waals surface area contributed by atoms with E-state index in [0.29, 0.717) is 12.5 Å². The van der Waals surface area contributed by atoms with Crippen LogP contribution in [0.15, 0.2) is 0 Å². The summed E-state index contributed by atoms with van der Waals surface area (Å²) in [5, 5.41) is 6.71. The number of fused-ring (bicyclic) bond motifs is 2. The normalized spacial score (nSPS) is 43.1. The molecule has 2 N–H and O–H groups in total. The molecule has 3 aliphatic rings. The Balaban J connectivity index is 1.55. The lowest BCUT2D eigenvalue weighted by molar-refractivity contribution is -0.121. The average Bonchev–Trinajstić information content (AvgIpc) is 2.80. The van der Waals surface area contributed by atoms with E-state index in [0.717, 1.165) is 37.3 Å². The SMILES string of the molecule is O=C1CC(NC2CC3CCC2C3)CCCN1. The van der Waals surface area contributed by atoms with Crippen molar-refractivity contribution in [2.45, 2.75) is 57.0 Å². The summed E-state index contributed by atoms with van der Waals surface area (Å²) in [7, 11) is 0. The van der Waals surface area contributed by atoms with Gasteiger partial charge in [0.05, 0.1) is 0 Å². The van der Waals surface area contributed by atoms with Gasteiger partial charge in [0, 0.05) is 25.0 Å². The second-order valence-electron chi connectivity index (χ2n) is 5.84. The number of rotatable bonds is 2. The Morgan fingerprint density at radius 3 is 2.88 bits per heavy atom. The molecule has 2 aliphatic carbocycles. The summed E-state index contributed by atoms with van der Waals surface area (Å²) >= 11 is 0. The second kappa shape index (κ2) is 4.36. The summed E-state index contributed by atoms with van der Waals surface area (Å²) < 4.78 is 0. The molecule has 4 atom stereocenters. The summed E-state index contributed by atoms with van der Waals surface area (Å²) in [6.45, 7) is 0.869. The van der Waals surface area contributed by atoms with E-state index in [1.54, 1.807) is 0 Å². The van der Waals surface area contributed by atoms with Crippen LogP contribution in [-0.2, 0) is 4.79 Å². The van der Waals surface area contributed by atoms with Crippen LogP contribution in [0, 0.1) is 11.8 Å². The molecular formula is C13H22N2O. The number of hydrogen-bond acceptors (Lipinski definition) is 2. The topological polar surface area (TPSA) is 41.1 Å². The quantitative estimate of drug-likeness (QED) is 0.742. The monoisotopic (exact) mass is 222 g/mol. The molecule has 3 rings (SSSR count). The van der Waals surface area contributed by atoms with Crippen molar-refractivity contribution < 1.29 is 4.79 Å². The first-order valence-corrected chi connectivity index (χ1v) is 6.84. The lowest BCUT2D eigenvalue weighted by atomic mass is 9.94. The van der Waals surface area contributed by atoms with Crippen molar-refractivity contribution in [2.75, 3.05) is 6.54 Å². The minimum atomic E-state index is 0.234. The van der Waals surface area contributed by atoms with Gasteiger partial charge in [0.2, 0.25) is 5.91 Å². The Morgan fingerprint density at radius 2 is 2.12 bits per heavy atom. The molecule has 0 spiro atoms. The van der Waals surface area contributed by atoms with Gasteiger partial charge >= 0.3 is 0 Å². The van der Waals surface area contributed by atoms with Gasteiger partial charge in [-0.3, -0.25) is 4.79 Å². The minimum absolute atomic E-state index is 0.234. The molecule has 1 amide bonds. The predicted molar refractivity (Wildman–Crippen MR) is 63.0 cm³/mol. The molecular weight excluding hydrogens is 200 g/mol. The first-order chi connectivity index (χ1) is 7.81. The zero-order valence-electron chi connectivity index (χ0n) is 9.87. The third kappa shape index (κ3) is 2.10. The summed E-state index contributed by atoms with van der Waals surface area (Å²) in [4.78, 5) is 11.5. The fourth-order valence-electron chi connectivity index (χ4n) is 3.87. The van der Waals surface area contributed by atoms with Gasteiger partial charge in [-0.2, -0.15) is 0 Å². The molecule has 2 bridgehead atoms. The maximum Gasteiger partial charge on any atom is 0.221 e. The minimum Gasteiger partial charge on any atom is -0.356 e. The molecule has 3 heteroatoms. The summed E-state index contributed by atoms with van der Waals surface area (Å²) in [5.74, 6) is 2.14. The molecule has 0 aromatic carbocycles. The van der Waals surface area contributed by atoms with Crippen molar-refractivity contribution >= 4 is 5.91 Å². The average molecular weight is 222 g/mol. The smallest absolute Gasteiger partial charge is 0.221 e. The molecule has 0 radical (unpaired) electrons. The van der Waals surface area contributed by atoms with Gasteiger partial charge in [-0.15, -0.1) is 0 Å². The van der Waals surface area contributed by atoms with Crippen molar-refractivity contribution in [3.8, 4) is 0 Å². The molecule has 0 aromatic rings. The van der Waals surface area contributed by atoms with E-state index in [4.69, 9.17) is 0 Å². The van der Waals surface area contributed by atoms with Gasteiger partial charge in [-0.05, 0) is 43.9 Å². The molecule has 1 saturated heterocycles. The van der Waals surface area contributed by atoms with Gasteiger partial charge < -0.3 is 10.6 Å². The maximum atomic E-state index is 11.5. The summed E-state index contributed by atoms with van der Waals surface area (Å²) in [6.07, 6.45) is 8.65. The number of hydrogen-bond donors (Lipinski definition) is 2. The zero-order chi connectivity index (χ0) is 11.0. The molecule has 2 saturated carbocycles. The molecule has 90 valence electrons. The Labute approximate surface area is 97.4 Å². The number of nitrogens with one attached hydrogen (secondary N) is 2. The van der Waals surface area contributed by atoms with Crippen LogP contribution in [0.5, 0.6) is 0 Å². The highest BCUT2D eigenvalue weighted by atomic mass is 16.1. The standard InChI is InChI=1S/C13H22N2O/c16-13-8-11(2-1-5-14-13)15-12-7-9-3-4-10(12)6-9/h9-12,15H,1-8H2,(H,14,16).